The van der Waals surface area contributed by atoms with Gasteiger partial charge in [0.2, 0.25) is 5.91 Å². The Morgan fingerprint density at radius 3 is 2.68 bits per heavy atom. The molecular formula is C16H21N3O3. The number of benzene rings is 1. The molecule has 0 bridgehead atoms. The Labute approximate surface area is 129 Å². The lowest BCUT2D eigenvalue weighted by molar-refractivity contribution is -0.130. The number of anilines is 1. The molecule has 1 aromatic carbocycles. The highest BCUT2D eigenvalue weighted by atomic mass is 16.2. The summed E-state index contributed by atoms with van der Waals surface area (Å²) in [6, 6.07) is 6.47. The standard InChI is InChI=1S/C16H21N3O3/c1-3-7-13-15(21)19(16(22)18-13)10-14(20)17-12-9-6-5-8-11(12)4-2/h5-6,8-9,13H,3-4,7,10H2,1-2H3,(H,17,20)(H,18,22). The highest BCUT2D eigenvalue weighted by Gasteiger charge is 2.38. The van der Waals surface area contributed by atoms with E-state index in [0.717, 1.165) is 23.3 Å². The zero-order chi connectivity index (χ0) is 16.1. The monoisotopic (exact) mass is 303 g/mol. The largest absolute Gasteiger partial charge is 0.326 e. The summed E-state index contributed by atoms with van der Waals surface area (Å²) >= 11 is 0. The zero-order valence-corrected chi connectivity index (χ0v) is 12.9. The fraction of sp³-hybridized carbons (Fsp3) is 0.438. The first-order chi connectivity index (χ1) is 10.6. The number of hydrogen-bond acceptors (Lipinski definition) is 3. The number of amides is 4. The molecule has 2 N–H and O–H groups in total. The maximum absolute atomic E-state index is 12.1. The minimum atomic E-state index is -0.506. The van der Waals surface area contributed by atoms with Gasteiger partial charge in [0.25, 0.3) is 5.91 Å². The van der Waals surface area contributed by atoms with Crippen LogP contribution < -0.4 is 10.6 Å². The Morgan fingerprint density at radius 1 is 1.27 bits per heavy atom. The average Bonchev–Trinajstić information content (AvgIpc) is 2.76. The predicted molar refractivity (Wildman–Crippen MR) is 83.4 cm³/mol. The molecule has 6 heteroatoms. The molecule has 22 heavy (non-hydrogen) atoms. The van der Waals surface area contributed by atoms with Crippen molar-refractivity contribution in [2.75, 3.05) is 11.9 Å². The summed E-state index contributed by atoms with van der Waals surface area (Å²) in [5.41, 5.74) is 1.73. The van der Waals surface area contributed by atoms with Crippen LogP contribution >= 0.6 is 0 Å². The molecule has 2 rings (SSSR count). The molecule has 0 spiro atoms. The van der Waals surface area contributed by atoms with Gasteiger partial charge < -0.3 is 10.6 Å². The van der Waals surface area contributed by atoms with E-state index in [2.05, 4.69) is 10.6 Å². The van der Waals surface area contributed by atoms with Gasteiger partial charge in [-0.15, -0.1) is 0 Å². The molecule has 1 unspecified atom stereocenters. The van der Waals surface area contributed by atoms with Gasteiger partial charge in [-0.2, -0.15) is 0 Å². The summed E-state index contributed by atoms with van der Waals surface area (Å²) in [4.78, 5) is 37.0. The van der Waals surface area contributed by atoms with Crippen LogP contribution in [0.5, 0.6) is 0 Å². The van der Waals surface area contributed by atoms with Gasteiger partial charge in [-0.05, 0) is 24.5 Å². The molecule has 1 aromatic rings. The van der Waals surface area contributed by atoms with E-state index in [0.29, 0.717) is 12.1 Å². The van der Waals surface area contributed by atoms with Gasteiger partial charge >= 0.3 is 6.03 Å². The second-order valence-corrected chi connectivity index (χ2v) is 5.27. The van der Waals surface area contributed by atoms with Crippen molar-refractivity contribution in [1.82, 2.24) is 10.2 Å². The van der Waals surface area contributed by atoms with Crippen molar-refractivity contribution in [3.63, 3.8) is 0 Å². The Morgan fingerprint density at radius 2 is 2.00 bits per heavy atom. The van der Waals surface area contributed by atoms with Crippen molar-refractivity contribution in [2.24, 2.45) is 0 Å². The van der Waals surface area contributed by atoms with E-state index in [1.807, 2.05) is 38.1 Å². The SMILES string of the molecule is CCCC1NC(=O)N(CC(=O)Nc2ccccc2CC)C1=O. The lowest BCUT2D eigenvalue weighted by Crippen LogP contribution is -2.38. The first kappa shape index (κ1) is 16.0. The molecular weight excluding hydrogens is 282 g/mol. The molecule has 0 aromatic heterocycles. The highest BCUT2D eigenvalue weighted by molar-refractivity contribution is 6.07. The molecule has 1 atom stereocenters. The van der Waals surface area contributed by atoms with Crippen LogP contribution in [0.15, 0.2) is 24.3 Å². The smallest absolute Gasteiger partial charge is 0.325 e. The molecule has 118 valence electrons. The van der Waals surface area contributed by atoms with Gasteiger partial charge in [-0.25, -0.2) is 4.79 Å². The first-order valence-electron chi connectivity index (χ1n) is 7.56. The summed E-state index contributed by atoms with van der Waals surface area (Å²) in [5.74, 6) is -0.702. The number of carbonyl (C=O) groups is 3. The number of carbonyl (C=O) groups excluding carboxylic acids is 3. The average molecular weight is 303 g/mol. The zero-order valence-electron chi connectivity index (χ0n) is 12.9. The topological polar surface area (TPSA) is 78.5 Å². The Bertz CT molecular complexity index is 586. The fourth-order valence-corrected chi connectivity index (χ4v) is 2.49. The molecule has 1 heterocycles. The summed E-state index contributed by atoms with van der Waals surface area (Å²) in [6.07, 6.45) is 2.17. The van der Waals surface area contributed by atoms with Gasteiger partial charge in [0.15, 0.2) is 0 Å². The van der Waals surface area contributed by atoms with Crippen molar-refractivity contribution in [1.29, 1.82) is 0 Å². The quantitative estimate of drug-likeness (QED) is 0.788. The van der Waals surface area contributed by atoms with Gasteiger partial charge in [-0.3, -0.25) is 14.5 Å². The van der Waals surface area contributed by atoms with Gasteiger partial charge in [0, 0.05) is 5.69 Å². The van der Waals surface area contributed by atoms with Crippen molar-refractivity contribution in [3.05, 3.63) is 29.8 Å². The van der Waals surface area contributed by atoms with Crippen LogP contribution in [0.2, 0.25) is 0 Å². The van der Waals surface area contributed by atoms with Gasteiger partial charge in [0.1, 0.15) is 12.6 Å². The normalized spacial score (nSPS) is 17.5. The van der Waals surface area contributed by atoms with Crippen molar-refractivity contribution < 1.29 is 14.4 Å². The van der Waals surface area contributed by atoms with Gasteiger partial charge in [-0.1, -0.05) is 38.5 Å². The maximum Gasteiger partial charge on any atom is 0.325 e. The number of aryl methyl sites for hydroxylation is 1. The lowest BCUT2D eigenvalue weighted by atomic mass is 10.1. The molecule has 0 saturated carbocycles. The van der Waals surface area contributed by atoms with Crippen LogP contribution in [-0.2, 0) is 16.0 Å². The summed E-state index contributed by atoms with van der Waals surface area (Å²) in [7, 11) is 0. The van der Waals surface area contributed by atoms with E-state index in [1.165, 1.54) is 0 Å². The maximum atomic E-state index is 12.1. The van der Waals surface area contributed by atoms with Crippen LogP contribution in [0, 0.1) is 0 Å². The van der Waals surface area contributed by atoms with E-state index < -0.39 is 12.1 Å². The van der Waals surface area contributed by atoms with Crippen LogP contribution in [0.3, 0.4) is 0 Å². The van der Waals surface area contributed by atoms with Crippen molar-refractivity contribution in [2.45, 2.75) is 39.2 Å². The number of nitrogens with one attached hydrogen (secondary N) is 2. The fourth-order valence-electron chi connectivity index (χ4n) is 2.49. The number of imide groups is 1. The van der Waals surface area contributed by atoms with Crippen LogP contribution in [-0.4, -0.2) is 35.3 Å². The second-order valence-electron chi connectivity index (χ2n) is 5.27. The Balaban J connectivity index is 2.00. The van der Waals surface area contributed by atoms with E-state index in [4.69, 9.17) is 0 Å². The molecule has 6 nitrogen and oxygen atoms in total. The van der Waals surface area contributed by atoms with Crippen LogP contribution in [0.25, 0.3) is 0 Å². The van der Waals surface area contributed by atoms with E-state index in [-0.39, 0.29) is 18.4 Å². The van der Waals surface area contributed by atoms with Crippen LogP contribution in [0.1, 0.15) is 32.3 Å². The van der Waals surface area contributed by atoms with Crippen molar-refractivity contribution >= 4 is 23.5 Å². The Kier molecular flexibility index (Phi) is 5.14. The molecule has 1 fully saturated rings. The summed E-state index contributed by atoms with van der Waals surface area (Å²) < 4.78 is 0. The summed E-state index contributed by atoms with van der Waals surface area (Å²) in [6.45, 7) is 3.68. The molecule has 0 radical (unpaired) electrons. The lowest BCUT2D eigenvalue weighted by Gasteiger charge is -2.14. The Hall–Kier alpha value is -2.37. The van der Waals surface area contributed by atoms with E-state index in [1.54, 1.807) is 0 Å². The summed E-state index contributed by atoms with van der Waals surface area (Å²) in [5, 5.41) is 5.37. The minimum Gasteiger partial charge on any atom is -0.326 e. The molecule has 0 aliphatic carbocycles. The van der Waals surface area contributed by atoms with Gasteiger partial charge in [0.05, 0.1) is 0 Å². The molecule has 1 aliphatic rings. The van der Waals surface area contributed by atoms with Crippen molar-refractivity contribution in [3.8, 4) is 0 Å². The third-order valence-corrected chi connectivity index (χ3v) is 3.66. The first-order valence-corrected chi connectivity index (χ1v) is 7.56. The van der Waals surface area contributed by atoms with Crippen LogP contribution in [0.4, 0.5) is 10.5 Å². The molecule has 1 saturated heterocycles. The number of hydrogen-bond donors (Lipinski definition) is 2. The van der Waals surface area contributed by atoms with E-state index in [9.17, 15) is 14.4 Å². The third kappa shape index (κ3) is 3.44. The highest BCUT2D eigenvalue weighted by Crippen LogP contribution is 2.16. The predicted octanol–water partition coefficient (Wildman–Crippen LogP) is 1.91. The number of nitrogens with zero attached hydrogens (tertiary/aromatic N) is 1. The van der Waals surface area contributed by atoms with E-state index >= 15 is 0 Å². The molecule has 4 amide bonds. The second kappa shape index (κ2) is 7.06. The number of para-hydroxylation sites is 1. The number of rotatable bonds is 6. The minimum absolute atomic E-state index is 0.261. The number of urea groups is 1. The molecule has 1 aliphatic heterocycles. The third-order valence-electron chi connectivity index (χ3n) is 3.66.